The van der Waals surface area contributed by atoms with Gasteiger partial charge in [-0.15, -0.1) is 0 Å². The van der Waals surface area contributed by atoms with Crippen LogP contribution in [0.3, 0.4) is 0 Å². The second kappa shape index (κ2) is 4.00. The van der Waals surface area contributed by atoms with E-state index in [1.807, 2.05) is 12.2 Å². The van der Waals surface area contributed by atoms with E-state index in [4.69, 9.17) is 0 Å². The van der Waals surface area contributed by atoms with Crippen LogP contribution in [0.15, 0.2) is 6.20 Å². The first-order valence-corrected chi connectivity index (χ1v) is 5.21. The Hall–Kier alpha value is -2.18. The van der Waals surface area contributed by atoms with E-state index in [0.29, 0.717) is 6.42 Å². The fourth-order valence-electron chi connectivity index (χ4n) is 1.76. The van der Waals surface area contributed by atoms with Crippen LogP contribution in [0.5, 0.6) is 0 Å². The SMILES string of the molecule is CCc1nn(C)cc1CN1C(=O)NC(=O)C1=O. The Balaban J connectivity index is 2.23. The minimum absolute atomic E-state index is 0.0768. The molecule has 17 heavy (non-hydrogen) atoms. The van der Waals surface area contributed by atoms with Crippen molar-refractivity contribution < 1.29 is 14.4 Å². The normalized spacial score (nSPS) is 15.6. The summed E-state index contributed by atoms with van der Waals surface area (Å²) in [5.41, 5.74) is 1.58. The number of aryl methyl sites for hydroxylation is 2. The molecule has 7 nitrogen and oxygen atoms in total. The molecule has 1 aliphatic heterocycles. The second-order valence-electron chi connectivity index (χ2n) is 3.78. The number of rotatable bonds is 3. The summed E-state index contributed by atoms with van der Waals surface area (Å²) in [6, 6.07) is -0.675. The number of hydrogen-bond donors (Lipinski definition) is 1. The molecular formula is C10H12N4O3. The summed E-state index contributed by atoms with van der Waals surface area (Å²) in [4.78, 5) is 34.6. The van der Waals surface area contributed by atoms with Crippen molar-refractivity contribution in [2.24, 2.45) is 7.05 Å². The Kier molecular flexibility index (Phi) is 2.66. The van der Waals surface area contributed by atoms with Crippen LogP contribution in [0.1, 0.15) is 18.2 Å². The van der Waals surface area contributed by atoms with Crippen molar-refractivity contribution in [2.45, 2.75) is 19.9 Å². The van der Waals surface area contributed by atoms with Gasteiger partial charge in [0.05, 0.1) is 12.2 Å². The highest BCUT2D eigenvalue weighted by Crippen LogP contribution is 2.13. The van der Waals surface area contributed by atoms with E-state index in [-0.39, 0.29) is 6.54 Å². The molecular weight excluding hydrogens is 224 g/mol. The first-order valence-electron chi connectivity index (χ1n) is 5.21. The number of urea groups is 1. The van der Waals surface area contributed by atoms with Gasteiger partial charge in [-0.2, -0.15) is 5.10 Å². The molecule has 0 atom stereocenters. The summed E-state index contributed by atoms with van der Waals surface area (Å²) in [5, 5.41) is 6.15. The third-order valence-corrected chi connectivity index (χ3v) is 2.56. The third-order valence-electron chi connectivity index (χ3n) is 2.56. The van der Waals surface area contributed by atoms with Gasteiger partial charge in [-0.3, -0.25) is 24.5 Å². The highest BCUT2D eigenvalue weighted by Gasteiger charge is 2.37. The summed E-state index contributed by atoms with van der Waals surface area (Å²) in [5.74, 6) is -1.70. The lowest BCUT2D eigenvalue weighted by Crippen LogP contribution is -2.30. The molecule has 1 N–H and O–H groups in total. The molecule has 1 saturated heterocycles. The van der Waals surface area contributed by atoms with Crippen LogP contribution in [-0.4, -0.2) is 32.5 Å². The van der Waals surface area contributed by atoms with Gasteiger partial charge in [-0.05, 0) is 6.42 Å². The smallest absolute Gasteiger partial charge is 0.275 e. The fraction of sp³-hybridized carbons (Fsp3) is 0.400. The van der Waals surface area contributed by atoms with Gasteiger partial charge in [0.2, 0.25) is 0 Å². The van der Waals surface area contributed by atoms with Gasteiger partial charge in [-0.1, -0.05) is 6.92 Å². The zero-order valence-corrected chi connectivity index (χ0v) is 9.56. The molecule has 90 valence electrons. The highest BCUT2D eigenvalue weighted by molar-refractivity contribution is 6.44. The molecule has 0 saturated carbocycles. The van der Waals surface area contributed by atoms with Crippen molar-refractivity contribution in [1.82, 2.24) is 20.0 Å². The van der Waals surface area contributed by atoms with E-state index in [1.165, 1.54) is 0 Å². The summed E-state index contributed by atoms with van der Waals surface area (Å²) in [6.07, 6.45) is 2.44. The van der Waals surface area contributed by atoms with E-state index >= 15 is 0 Å². The number of nitrogens with zero attached hydrogens (tertiary/aromatic N) is 3. The summed E-state index contributed by atoms with van der Waals surface area (Å²) in [7, 11) is 1.76. The Labute approximate surface area is 97.4 Å². The molecule has 1 aliphatic rings. The van der Waals surface area contributed by atoms with E-state index < -0.39 is 17.8 Å². The summed E-state index contributed by atoms with van der Waals surface area (Å²) < 4.78 is 1.62. The Morgan fingerprint density at radius 1 is 1.35 bits per heavy atom. The highest BCUT2D eigenvalue weighted by atomic mass is 16.2. The van der Waals surface area contributed by atoms with E-state index in [1.54, 1.807) is 17.9 Å². The maximum absolute atomic E-state index is 11.4. The average molecular weight is 236 g/mol. The lowest BCUT2D eigenvalue weighted by atomic mass is 10.2. The van der Waals surface area contributed by atoms with Crippen LogP contribution in [0.4, 0.5) is 4.79 Å². The first-order chi connectivity index (χ1) is 8.02. The molecule has 4 amide bonds. The Morgan fingerprint density at radius 2 is 2.06 bits per heavy atom. The summed E-state index contributed by atoms with van der Waals surface area (Å²) in [6.45, 7) is 2.01. The lowest BCUT2D eigenvalue weighted by molar-refractivity contribution is -0.140. The van der Waals surface area contributed by atoms with Crippen molar-refractivity contribution in [2.75, 3.05) is 0 Å². The van der Waals surface area contributed by atoms with Gasteiger partial charge in [-0.25, -0.2) is 4.79 Å². The minimum atomic E-state index is -0.878. The quantitative estimate of drug-likeness (QED) is 0.569. The van der Waals surface area contributed by atoms with Crippen LogP contribution >= 0.6 is 0 Å². The maximum atomic E-state index is 11.4. The van der Waals surface area contributed by atoms with Crippen LogP contribution < -0.4 is 5.32 Å². The van der Waals surface area contributed by atoms with E-state index in [2.05, 4.69) is 5.10 Å². The van der Waals surface area contributed by atoms with Crippen LogP contribution in [0, 0.1) is 0 Å². The predicted molar refractivity (Wildman–Crippen MR) is 56.7 cm³/mol. The van der Waals surface area contributed by atoms with Crippen molar-refractivity contribution in [1.29, 1.82) is 0 Å². The van der Waals surface area contributed by atoms with Gasteiger partial charge in [0, 0.05) is 18.8 Å². The molecule has 0 unspecified atom stereocenters. The van der Waals surface area contributed by atoms with E-state index in [0.717, 1.165) is 16.2 Å². The molecule has 7 heteroatoms. The topological polar surface area (TPSA) is 84.3 Å². The van der Waals surface area contributed by atoms with Gasteiger partial charge in [0.25, 0.3) is 0 Å². The molecule has 2 rings (SSSR count). The second-order valence-corrected chi connectivity index (χ2v) is 3.78. The molecule has 0 aromatic carbocycles. The first kappa shape index (κ1) is 11.3. The molecule has 0 aliphatic carbocycles. The number of aromatic nitrogens is 2. The molecule has 0 radical (unpaired) electrons. The largest absolute Gasteiger partial charge is 0.331 e. The zero-order chi connectivity index (χ0) is 12.6. The van der Waals surface area contributed by atoms with Crippen molar-refractivity contribution >= 4 is 17.8 Å². The number of nitrogens with one attached hydrogen (secondary N) is 1. The Morgan fingerprint density at radius 3 is 2.59 bits per heavy atom. The number of hydrogen-bond acceptors (Lipinski definition) is 4. The van der Waals surface area contributed by atoms with Crippen LogP contribution in [0.2, 0.25) is 0 Å². The predicted octanol–water partition coefficient (Wildman–Crippen LogP) is -0.439. The monoisotopic (exact) mass is 236 g/mol. The van der Waals surface area contributed by atoms with Gasteiger partial charge < -0.3 is 0 Å². The number of amides is 4. The van der Waals surface area contributed by atoms with E-state index in [9.17, 15) is 14.4 Å². The third kappa shape index (κ3) is 1.91. The molecule has 1 aromatic rings. The average Bonchev–Trinajstić information content (AvgIpc) is 2.74. The molecule has 0 spiro atoms. The minimum Gasteiger partial charge on any atom is -0.275 e. The molecule has 1 fully saturated rings. The number of carbonyl (C=O) groups is 3. The molecule has 1 aromatic heterocycles. The fourth-order valence-corrected chi connectivity index (χ4v) is 1.76. The summed E-state index contributed by atoms with van der Waals surface area (Å²) >= 11 is 0. The Bertz CT molecular complexity index is 506. The number of imide groups is 2. The van der Waals surface area contributed by atoms with Crippen molar-refractivity contribution in [3.05, 3.63) is 17.5 Å². The van der Waals surface area contributed by atoms with Gasteiger partial charge >= 0.3 is 17.8 Å². The van der Waals surface area contributed by atoms with Gasteiger partial charge in [0.15, 0.2) is 0 Å². The van der Waals surface area contributed by atoms with Crippen molar-refractivity contribution in [3.63, 3.8) is 0 Å². The van der Waals surface area contributed by atoms with Crippen molar-refractivity contribution in [3.8, 4) is 0 Å². The standard InChI is InChI=1S/C10H12N4O3/c1-3-7-6(4-13(2)12-7)5-14-9(16)8(15)11-10(14)17/h4H,3,5H2,1-2H3,(H,11,15,17). The van der Waals surface area contributed by atoms with Crippen LogP contribution in [-0.2, 0) is 29.6 Å². The zero-order valence-electron chi connectivity index (χ0n) is 9.56. The molecule has 2 heterocycles. The lowest BCUT2D eigenvalue weighted by Gasteiger charge is -2.10. The maximum Gasteiger partial charge on any atom is 0.331 e. The van der Waals surface area contributed by atoms with Gasteiger partial charge in [0.1, 0.15) is 0 Å². The number of carbonyl (C=O) groups excluding carboxylic acids is 3. The molecule has 0 bridgehead atoms. The van der Waals surface area contributed by atoms with Crippen LogP contribution in [0.25, 0.3) is 0 Å².